The summed E-state index contributed by atoms with van der Waals surface area (Å²) >= 11 is 0. The van der Waals surface area contributed by atoms with Gasteiger partial charge < -0.3 is 15.4 Å². The summed E-state index contributed by atoms with van der Waals surface area (Å²) < 4.78 is 5.43. The van der Waals surface area contributed by atoms with E-state index in [0.29, 0.717) is 12.5 Å². The molecule has 0 saturated carbocycles. The van der Waals surface area contributed by atoms with Crippen LogP contribution in [0.4, 0.5) is 0 Å². The number of nitrogens with zero attached hydrogens (tertiary/aromatic N) is 2. The first kappa shape index (κ1) is 19.3. The van der Waals surface area contributed by atoms with Gasteiger partial charge in [0.25, 0.3) is 0 Å². The van der Waals surface area contributed by atoms with Crippen molar-refractivity contribution in [3.8, 4) is 0 Å². The van der Waals surface area contributed by atoms with Crippen molar-refractivity contribution in [2.75, 3.05) is 26.7 Å². The molecule has 17 heavy (non-hydrogen) atoms. The Bertz CT molecular complexity index is 222. The van der Waals surface area contributed by atoms with Crippen LogP contribution in [0.25, 0.3) is 0 Å². The molecule has 0 aliphatic heterocycles. The SMILES string of the molecule is CCN(CC)C(N)=NCC(OC)C(C)(C)C.I. The molecule has 0 heterocycles. The number of halogens is 1. The summed E-state index contributed by atoms with van der Waals surface area (Å²) in [6.07, 6.45) is 0.0987. The van der Waals surface area contributed by atoms with Crippen LogP contribution < -0.4 is 5.73 Å². The predicted molar refractivity (Wildman–Crippen MR) is 85.1 cm³/mol. The van der Waals surface area contributed by atoms with E-state index in [2.05, 4.69) is 39.6 Å². The van der Waals surface area contributed by atoms with Crippen molar-refractivity contribution >= 4 is 29.9 Å². The Balaban J connectivity index is 0. The zero-order valence-electron chi connectivity index (χ0n) is 12.0. The van der Waals surface area contributed by atoms with E-state index < -0.39 is 0 Å². The second-order valence-electron chi connectivity index (χ2n) is 4.96. The van der Waals surface area contributed by atoms with Crippen molar-refractivity contribution < 1.29 is 4.74 Å². The van der Waals surface area contributed by atoms with Gasteiger partial charge in [0.1, 0.15) is 0 Å². The van der Waals surface area contributed by atoms with Crippen LogP contribution in [0.1, 0.15) is 34.6 Å². The third-order valence-electron chi connectivity index (χ3n) is 2.76. The van der Waals surface area contributed by atoms with E-state index in [1.54, 1.807) is 7.11 Å². The number of rotatable bonds is 5. The summed E-state index contributed by atoms with van der Waals surface area (Å²) in [6.45, 7) is 13.0. The normalized spacial score (nSPS) is 14.1. The first-order valence-corrected chi connectivity index (χ1v) is 5.94. The molecule has 0 radical (unpaired) electrons. The fraction of sp³-hybridized carbons (Fsp3) is 0.917. The summed E-state index contributed by atoms with van der Waals surface area (Å²) in [5, 5.41) is 0. The van der Waals surface area contributed by atoms with E-state index in [0.717, 1.165) is 13.1 Å². The topological polar surface area (TPSA) is 50.8 Å². The lowest BCUT2D eigenvalue weighted by Gasteiger charge is -2.28. The Morgan fingerprint density at radius 1 is 1.29 bits per heavy atom. The maximum atomic E-state index is 5.91. The van der Waals surface area contributed by atoms with E-state index in [1.807, 2.05) is 4.90 Å². The van der Waals surface area contributed by atoms with Crippen LogP contribution in [-0.4, -0.2) is 43.7 Å². The minimum absolute atomic E-state index is 0. The van der Waals surface area contributed by atoms with Crippen LogP contribution in [0.3, 0.4) is 0 Å². The van der Waals surface area contributed by atoms with Crippen LogP contribution >= 0.6 is 24.0 Å². The summed E-state index contributed by atoms with van der Waals surface area (Å²) in [5.41, 5.74) is 5.99. The fourth-order valence-electron chi connectivity index (χ4n) is 1.53. The van der Waals surface area contributed by atoms with Gasteiger partial charge in [0, 0.05) is 20.2 Å². The van der Waals surface area contributed by atoms with Crippen LogP contribution in [0.15, 0.2) is 4.99 Å². The maximum absolute atomic E-state index is 5.91. The first-order valence-electron chi connectivity index (χ1n) is 5.94. The molecule has 0 aromatic carbocycles. The zero-order valence-corrected chi connectivity index (χ0v) is 14.3. The average molecular weight is 357 g/mol. The molecular weight excluding hydrogens is 329 g/mol. The lowest BCUT2D eigenvalue weighted by Crippen LogP contribution is -2.39. The highest BCUT2D eigenvalue weighted by Gasteiger charge is 2.24. The number of hydrogen-bond donors (Lipinski definition) is 1. The largest absolute Gasteiger partial charge is 0.379 e. The molecule has 0 fully saturated rings. The molecule has 0 bridgehead atoms. The molecule has 0 aromatic heterocycles. The molecule has 1 unspecified atom stereocenters. The molecule has 104 valence electrons. The van der Waals surface area contributed by atoms with Crippen LogP contribution in [0, 0.1) is 5.41 Å². The lowest BCUT2D eigenvalue weighted by molar-refractivity contribution is 0.0240. The van der Waals surface area contributed by atoms with Gasteiger partial charge in [0.2, 0.25) is 0 Å². The first-order chi connectivity index (χ1) is 7.36. The summed E-state index contributed by atoms with van der Waals surface area (Å²) in [7, 11) is 1.72. The van der Waals surface area contributed by atoms with E-state index in [4.69, 9.17) is 10.5 Å². The fourth-order valence-corrected chi connectivity index (χ4v) is 1.53. The number of guanidine groups is 1. The highest BCUT2D eigenvalue weighted by atomic mass is 127. The van der Waals surface area contributed by atoms with Gasteiger partial charge in [-0.05, 0) is 19.3 Å². The van der Waals surface area contributed by atoms with Gasteiger partial charge >= 0.3 is 0 Å². The molecule has 5 heteroatoms. The summed E-state index contributed by atoms with van der Waals surface area (Å²) in [6, 6.07) is 0. The van der Waals surface area contributed by atoms with E-state index in [-0.39, 0.29) is 35.5 Å². The van der Waals surface area contributed by atoms with Crippen molar-refractivity contribution in [1.82, 2.24) is 4.90 Å². The minimum atomic E-state index is 0. The molecule has 0 aliphatic rings. The molecule has 4 nitrogen and oxygen atoms in total. The third kappa shape index (κ3) is 7.08. The molecular formula is C12H28IN3O. The van der Waals surface area contributed by atoms with Gasteiger partial charge in [-0.25, -0.2) is 0 Å². The highest BCUT2D eigenvalue weighted by Crippen LogP contribution is 2.21. The van der Waals surface area contributed by atoms with E-state index in [1.165, 1.54) is 0 Å². The lowest BCUT2D eigenvalue weighted by atomic mass is 9.89. The minimum Gasteiger partial charge on any atom is -0.379 e. The Labute approximate surface area is 123 Å². The second kappa shape index (κ2) is 8.97. The molecule has 0 aromatic rings. The highest BCUT2D eigenvalue weighted by molar-refractivity contribution is 14.0. The van der Waals surface area contributed by atoms with Crippen molar-refractivity contribution in [3.63, 3.8) is 0 Å². The third-order valence-corrected chi connectivity index (χ3v) is 2.76. The van der Waals surface area contributed by atoms with Crippen LogP contribution in [0.2, 0.25) is 0 Å². The molecule has 0 rings (SSSR count). The quantitative estimate of drug-likeness (QED) is 0.467. The monoisotopic (exact) mass is 357 g/mol. The van der Waals surface area contributed by atoms with Crippen LogP contribution in [-0.2, 0) is 4.74 Å². The molecule has 0 aliphatic carbocycles. The number of ether oxygens (including phenoxy) is 1. The summed E-state index contributed by atoms with van der Waals surface area (Å²) in [5.74, 6) is 0.608. The van der Waals surface area contributed by atoms with E-state index >= 15 is 0 Å². The van der Waals surface area contributed by atoms with Gasteiger partial charge in [-0.2, -0.15) is 0 Å². The Kier molecular flexibility index (Phi) is 10.2. The van der Waals surface area contributed by atoms with Crippen molar-refractivity contribution in [2.45, 2.75) is 40.7 Å². The average Bonchev–Trinajstić information content (AvgIpc) is 2.18. The van der Waals surface area contributed by atoms with Crippen LogP contribution in [0.5, 0.6) is 0 Å². The van der Waals surface area contributed by atoms with Gasteiger partial charge in [0.15, 0.2) is 5.96 Å². The molecule has 0 spiro atoms. The van der Waals surface area contributed by atoms with Crippen molar-refractivity contribution in [2.24, 2.45) is 16.1 Å². The Morgan fingerprint density at radius 2 is 1.76 bits per heavy atom. The zero-order chi connectivity index (χ0) is 12.8. The molecule has 1 atom stereocenters. The predicted octanol–water partition coefficient (Wildman–Crippen LogP) is 2.32. The van der Waals surface area contributed by atoms with Gasteiger partial charge in [0.05, 0.1) is 12.6 Å². The van der Waals surface area contributed by atoms with Crippen molar-refractivity contribution in [3.05, 3.63) is 0 Å². The van der Waals surface area contributed by atoms with Gasteiger partial charge in [-0.1, -0.05) is 20.8 Å². The maximum Gasteiger partial charge on any atom is 0.191 e. The van der Waals surface area contributed by atoms with Gasteiger partial charge in [-0.3, -0.25) is 4.99 Å². The summed E-state index contributed by atoms with van der Waals surface area (Å²) in [4.78, 5) is 6.44. The number of nitrogens with two attached hydrogens (primary N) is 1. The van der Waals surface area contributed by atoms with E-state index in [9.17, 15) is 0 Å². The van der Waals surface area contributed by atoms with Crippen molar-refractivity contribution in [1.29, 1.82) is 0 Å². The Hall–Kier alpha value is -0.0400. The smallest absolute Gasteiger partial charge is 0.191 e. The van der Waals surface area contributed by atoms with Gasteiger partial charge in [-0.15, -0.1) is 24.0 Å². The second-order valence-corrected chi connectivity index (χ2v) is 4.96. The number of hydrogen-bond acceptors (Lipinski definition) is 2. The molecule has 2 N–H and O–H groups in total. The molecule has 0 saturated heterocycles. The Morgan fingerprint density at radius 3 is 2.06 bits per heavy atom. The number of aliphatic imine (C=N–C) groups is 1. The standard InChI is InChI=1S/C12H27N3O.HI/c1-7-15(8-2)11(13)14-9-10(16-6)12(3,4)5;/h10H,7-9H2,1-6H3,(H2,13,14);1H. The molecule has 0 amide bonds. The number of methoxy groups -OCH3 is 1.